The molecule has 1 rings (SSSR count). The van der Waals surface area contributed by atoms with Crippen LogP contribution in [0.15, 0.2) is 11.5 Å². The van der Waals surface area contributed by atoms with Crippen molar-refractivity contribution in [2.45, 2.75) is 0 Å². The van der Waals surface area contributed by atoms with Crippen LogP contribution in [-0.2, 0) is 4.79 Å². The van der Waals surface area contributed by atoms with Crippen molar-refractivity contribution in [3.63, 3.8) is 0 Å². The molecule has 1 atom stereocenters. The van der Waals surface area contributed by atoms with Crippen molar-refractivity contribution in [1.82, 2.24) is 0 Å². The fourth-order valence-electron chi connectivity index (χ4n) is 0.388. The van der Waals surface area contributed by atoms with Crippen LogP contribution in [0.2, 0.25) is 0 Å². The molecule has 0 fully saturated rings. The molecule has 2 nitrogen and oxygen atoms in total. The minimum atomic E-state index is -0.125. The average molecular weight is 151 g/mol. The second-order valence-corrected chi connectivity index (χ2v) is 3.66. The number of quaternary nitrogens is 1. The van der Waals surface area contributed by atoms with Gasteiger partial charge in [-0.1, -0.05) is 3.41 Å². The van der Waals surface area contributed by atoms with Gasteiger partial charge in [-0.05, 0) is 0 Å². The smallest absolute Gasteiger partial charge is 0.223 e. The highest BCUT2D eigenvalue weighted by molar-refractivity contribution is 7.98. The summed E-state index contributed by atoms with van der Waals surface area (Å²) < 4.78 is -0.125. The fraction of sp³-hybridized carbons (Fsp3) is 0.250. The summed E-state index contributed by atoms with van der Waals surface area (Å²) >= 11 is 6.89. The highest BCUT2D eigenvalue weighted by atomic mass is 35.5. The van der Waals surface area contributed by atoms with E-state index in [-0.39, 0.29) is 9.31 Å². The number of hydrogen-bond acceptors (Lipinski definition) is 2. The average Bonchev–Trinajstić information content (AvgIpc) is 1.86. The Balaban J connectivity index is 2.79. The molecule has 0 aromatic rings. The van der Waals surface area contributed by atoms with Crippen LogP contribution < -0.4 is 0 Å². The lowest BCUT2D eigenvalue weighted by Crippen LogP contribution is -2.26. The maximum absolute atomic E-state index is 10.6. The summed E-state index contributed by atoms with van der Waals surface area (Å²) in [6.45, 7) is 0. The molecule has 1 amide bonds. The number of carbonyl (C=O) groups is 1. The van der Waals surface area contributed by atoms with Crippen LogP contribution in [0.3, 0.4) is 0 Å². The van der Waals surface area contributed by atoms with E-state index < -0.39 is 0 Å². The Hall–Kier alpha value is 0.01000. The number of hydrogen-bond donors (Lipinski definition) is 0. The number of halogens is 1. The van der Waals surface area contributed by atoms with Crippen LogP contribution in [0.5, 0.6) is 0 Å². The highest BCUT2D eigenvalue weighted by Gasteiger charge is 2.34. The molecule has 0 bridgehead atoms. The van der Waals surface area contributed by atoms with Crippen LogP contribution in [-0.4, -0.2) is 16.4 Å². The first-order valence-electron chi connectivity index (χ1n) is 2.08. The lowest BCUT2D eigenvalue weighted by atomic mass is 10.6. The first-order valence-corrected chi connectivity index (χ1v) is 3.26. The second kappa shape index (κ2) is 1.76. The minimum Gasteiger partial charge on any atom is -0.223 e. The maximum Gasteiger partial charge on any atom is 0.368 e. The quantitative estimate of drug-likeness (QED) is 0.383. The van der Waals surface area contributed by atoms with Gasteiger partial charge in [-0.25, -0.2) is 4.79 Å². The van der Waals surface area contributed by atoms with Crippen LogP contribution in [0.25, 0.3) is 0 Å². The molecule has 8 heavy (non-hydrogen) atoms. The van der Waals surface area contributed by atoms with Gasteiger partial charge in [0.05, 0.1) is 6.08 Å². The third-order valence-electron chi connectivity index (χ3n) is 0.863. The molecule has 44 valence electrons. The summed E-state index contributed by atoms with van der Waals surface area (Å²) in [7, 11) is 1.63. The van der Waals surface area contributed by atoms with Crippen molar-refractivity contribution in [3.05, 3.63) is 11.5 Å². The molecule has 1 heterocycles. The zero-order chi connectivity index (χ0) is 6.20. The Bertz CT molecular complexity index is 154. The van der Waals surface area contributed by atoms with Gasteiger partial charge in [0.1, 0.15) is 19.0 Å². The van der Waals surface area contributed by atoms with E-state index in [1.165, 1.54) is 18.0 Å². The van der Waals surface area contributed by atoms with E-state index in [1.54, 1.807) is 12.5 Å². The molecule has 0 aromatic carbocycles. The monoisotopic (exact) mass is 150 g/mol. The minimum absolute atomic E-state index is 0.0725. The zero-order valence-electron chi connectivity index (χ0n) is 4.30. The van der Waals surface area contributed by atoms with E-state index in [0.717, 1.165) is 0 Å². The van der Waals surface area contributed by atoms with E-state index >= 15 is 0 Å². The standard InChI is InChI=1S/C4H5ClNOS/c1-6(5)4(7)2-3-8-6/h2-3H,1H3/q+1. The number of carbonyl (C=O) groups excluding carboxylic acids is 1. The molecule has 0 aromatic heterocycles. The molecule has 0 saturated heterocycles. The van der Waals surface area contributed by atoms with E-state index in [1.807, 2.05) is 0 Å². The molecule has 1 aliphatic heterocycles. The van der Waals surface area contributed by atoms with Gasteiger partial charge in [-0.15, -0.1) is 0 Å². The topological polar surface area (TPSA) is 17.1 Å². The van der Waals surface area contributed by atoms with Gasteiger partial charge in [0.25, 0.3) is 0 Å². The summed E-state index contributed by atoms with van der Waals surface area (Å²) in [6, 6.07) is 0. The summed E-state index contributed by atoms with van der Waals surface area (Å²) in [5, 5.41) is 1.69. The third-order valence-corrected chi connectivity index (χ3v) is 2.10. The van der Waals surface area contributed by atoms with Gasteiger partial charge in [0, 0.05) is 5.41 Å². The van der Waals surface area contributed by atoms with Crippen molar-refractivity contribution in [3.8, 4) is 0 Å². The number of nitrogens with zero attached hydrogens (tertiary/aromatic N) is 1. The number of amides is 1. The summed E-state index contributed by atoms with van der Waals surface area (Å²) in [6.07, 6.45) is 1.47. The predicted octanol–water partition coefficient (Wildman–Crippen LogP) is 1.29. The molecule has 4 heteroatoms. The predicted molar refractivity (Wildman–Crippen MR) is 33.8 cm³/mol. The Morgan fingerprint density at radius 3 is 2.62 bits per heavy atom. The molecule has 1 aliphatic rings. The first-order chi connectivity index (χ1) is 3.63. The van der Waals surface area contributed by atoms with Crippen molar-refractivity contribution in [2.75, 3.05) is 7.05 Å². The first kappa shape index (κ1) is 6.13. The van der Waals surface area contributed by atoms with E-state index in [0.29, 0.717) is 0 Å². The van der Waals surface area contributed by atoms with Gasteiger partial charge in [0.2, 0.25) is 0 Å². The van der Waals surface area contributed by atoms with Crippen LogP contribution in [0.1, 0.15) is 0 Å². The number of likely N-dealkylation sites (N-methyl/N-ethyl adjacent to an activating group) is 1. The maximum atomic E-state index is 10.6. The molecule has 0 aliphatic carbocycles. The van der Waals surface area contributed by atoms with Crippen molar-refractivity contribution in [2.24, 2.45) is 0 Å². The van der Waals surface area contributed by atoms with E-state index in [2.05, 4.69) is 0 Å². The normalized spacial score (nSPS) is 36.5. The Labute approximate surface area is 56.9 Å². The molecule has 0 saturated carbocycles. The fourth-order valence-corrected chi connectivity index (χ4v) is 1.15. The van der Waals surface area contributed by atoms with Crippen molar-refractivity contribution < 1.29 is 8.20 Å². The SMILES string of the molecule is C[N+]1(Cl)SC=CC1=O. The van der Waals surface area contributed by atoms with Gasteiger partial charge in [0.15, 0.2) is 11.8 Å². The Morgan fingerprint density at radius 1 is 1.88 bits per heavy atom. The summed E-state index contributed by atoms with van der Waals surface area (Å²) in [5.74, 6) is -0.0725. The van der Waals surface area contributed by atoms with Crippen molar-refractivity contribution in [1.29, 1.82) is 0 Å². The van der Waals surface area contributed by atoms with Gasteiger partial charge in [-0.2, -0.15) is 0 Å². The van der Waals surface area contributed by atoms with Gasteiger partial charge >= 0.3 is 5.91 Å². The lowest BCUT2D eigenvalue weighted by Gasteiger charge is -2.08. The molecule has 0 spiro atoms. The Kier molecular flexibility index (Phi) is 1.35. The van der Waals surface area contributed by atoms with E-state index in [9.17, 15) is 4.79 Å². The van der Waals surface area contributed by atoms with Gasteiger partial charge < -0.3 is 0 Å². The lowest BCUT2D eigenvalue weighted by molar-refractivity contribution is -0.550. The van der Waals surface area contributed by atoms with Crippen LogP contribution >= 0.6 is 23.7 Å². The van der Waals surface area contributed by atoms with Crippen LogP contribution in [0, 0.1) is 0 Å². The largest absolute Gasteiger partial charge is 0.368 e. The highest BCUT2D eigenvalue weighted by Crippen LogP contribution is 2.30. The molecular formula is C4H5ClNOS+. The zero-order valence-corrected chi connectivity index (χ0v) is 5.87. The number of rotatable bonds is 0. The second-order valence-electron chi connectivity index (χ2n) is 1.57. The van der Waals surface area contributed by atoms with Gasteiger partial charge in [-0.3, -0.25) is 0 Å². The van der Waals surface area contributed by atoms with Crippen molar-refractivity contribution >= 4 is 29.6 Å². The molecular weight excluding hydrogens is 146 g/mol. The third kappa shape index (κ3) is 0.891. The Morgan fingerprint density at radius 2 is 2.50 bits per heavy atom. The van der Waals surface area contributed by atoms with E-state index in [4.69, 9.17) is 11.8 Å². The van der Waals surface area contributed by atoms with Crippen LogP contribution in [0.4, 0.5) is 0 Å². The molecule has 1 unspecified atom stereocenters. The molecule has 0 radical (unpaired) electrons. The molecule has 0 N–H and O–H groups in total. The summed E-state index contributed by atoms with van der Waals surface area (Å²) in [4.78, 5) is 10.6. The summed E-state index contributed by atoms with van der Waals surface area (Å²) in [5.41, 5.74) is 0.